The van der Waals surface area contributed by atoms with Crippen LogP contribution in [0.2, 0.25) is 0 Å². The van der Waals surface area contributed by atoms with E-state index in [0.717, 1.165) is 0 Å². The second kappa shape index (κ2) is 6.66. The molecule has 0 spiro atoms. The largest absolute Gasteiger partial charge is 0.222 e. The molecule has 0 N–H and O–H groups in total. The van der Waals surface area contributed by atoms with Crippen LogP contribution >= 0.6 is 0 Å². The van der Waals surface area contributed by atoms with E-state index < -0.39 is 24.5 Å². The van der Waals surface area contributed by atoms with E-state index in [-0.39, 0.29) is 5.60 Å². The summed E-state index contributed by atoms with van der Waals surface area (Å²) in [6.07, 6.45) is 0. The van der Waals surface area contributed by atoms with Crippen LogP contribution in [0.3, 0.4) is 0 Å². The molecule has 1 aliphatic heterocycles. The van der Waals surface area contributed by atoms with Crippen molar-refractivity contribution in [3.63, 3.8) is 0 Å². The van der Waals surface area contributed by atoms with Crippen LogP contribution in [0, 0.1) is 10.2 Å². The third-order valence-corrected chi connectivity index (χ3v) is 7.26. The van der Waals surface area contributed by atoms with E-state index in [2.05, 4.69) is 68.4 Å². The second-order valence-corrected chi connectivity index (χ2v) is 9.19. The van der Waals surface area contributed by atoms with Gasteiger partial charge in [0, 0.05) is 0 Å². The number of halogens is 1. The summed E-state index contributed by atoms with van der Waals surface area (Å²) in [4.78, 5) is 0. The molecule has 22 heavy (non-hydrogen) atoms. The van der Waals surface area contributed by atoms with Gasteiger partial charge in [0.05, 0.1) is 0 Å². The number of hydrogen-bond acceptors (Lipinski definition) is 5. The van der Waals surface area contributed by atoms with E-state index in [9.17, 15) is 0 Å². The normalized spacial score (nSPS) is 19.1. The second-order valence-electron chi connectivity index (χ2n) is 5.05. The average molecular weight is 390 g/mol. The van der Waals surface area contributed by atoms with Gasteiger partial charge in [-0.15, -0.1) is 10.2 Å². The zero-order valence-electron chi connectivity index (χ0n) is 12.0. The van der Waals surface area contributed by atoms with Gasteiger partial charge in [-0.2, -0.15) is 0 Å². The van der Waals surface area contributed by atoms with Crippen molar-refractivity contribution in [2.45, 2.75) is 19.4 Å². The monoisotopic (exact) mass is 390 g/mol. The van der Waals surface area contributed by atoms with E-state index >= 15 is 0 Å². The summed E-state index contributed by atoms with van der Waals surface area (Å²) in [6, 6.07) is 19.2. The average Bonchev–Trinajstić information content (AvgIpc) is 2.71. The van der Waals surface area contributed by atoms with Crippen molar-refractivity contribution in [3.8, 4) is 0 Å². The maximum Gasteiger partial charge on any atom is -0.112 e. The fraction of sp³-hybridized carbons (Fsp3) is 0.200. The Kier molecular flexibility index (Phi) is 5.27. The van der Waals surface area contributed by atoms with Crippen LogP contribution in [0.1, 0.15) is 19.4 Å². The van der Waals surface area contributed by atoms with Gasteiger partial charge in [0.2, 0.25) is 0 Å². The van der Waals surface area contributed by atoms with E-state index in [1.54, 1.807) is 0 Å². The van der Waals surface area contributed by atoms with Gasteiger partial charge in [-0.25, -0.2) is 18.6 Å². The molecular formula is C15H15ClO5Se. The van der Waals surface area contributed by atoms with Gasteiger partial charge in [0.15, 0.2) is 0 Å². The topological polar surface area (TPSA) is 101 Å². The first-order chi connectivity index (χ1) is 10.2. The third kappa shape index (κ3) is 4.52. The number of rotatable bonds is 1. The van der Waals surface area contributed by atoms with E-state index in [1.165, 1.54) is 14.5 Å². The summed E-state index contributed by atoms with van der Waals surface area (Å²) in [6.45, 7) is 4.33. The quantitative estimate of drug-likeness (QED) is 0.494. The molecule has 0 radical (unpaired) electrons. The summed E-state index contributed by atoms with van der Waals surface area (Å²) in [5.41, 5.74) is 1.21. The molecule has 118 valence electrons. The van der Waals surface area contributed by atoms with Crippen LogP contribution < -0.4 is 27.6 Å². The van der Waals surface area contributed by atoms with Gasteiger partial charge in [-0.3, -0.25) is 0 Å². The van der Waals surface area contributed by atoms with Crippen molar-refractivity contribution in [2.24, 2.45) is 0 Å². The summed E-state index contributed by atoms with van der Waals surface area (Å²) in [7, 11) is -4.94. The Labute approximate surface area is 135 Å². The van der Waals surface area contributed by atoms with Crippen molar-refractivity contribution in [1.82, 2.24) is 0 Å². The Bertz CT molecular complexity index is 621. The summed E-state index contributed by atoms with van der Waals surface area (Å²) in [5, 5.41) is 0. The van der Waals surface area contributed by atoms with Crippen molar-refractivity contribution in [1.29, 1.82) is 0 Å². The molecule has 0 saturated carbocycles. The van der Waals surface area contributed by atoms with Crippen molar-refractivity contribution < 1.29 is 32.7 Å². The molecule has 0 bridgehead atoms. The SMILES string of the molecule is CC1(C)O[Se+](c2ccccc2)c2ccccc21.[O-][Cl+3]([O-])([O-])[O-]. The Morgan fingerprint density at radius 2 is 1.36 bits per heavy atom. The minimum atomic E-state index is -4.94. The molecule has 7 heteroatoms. The van der Waals surface area contributed by atoms with Crippen LogP contribution in [0.4, 0.5) is 0 Å². The molecule has 2 aromatic carbocycles. The van der Waals surface area contributed by atoms with Crippen LogP contribution in [0.15, 0.2) is 54.6 Å². The fourth-order valence-electron chi connectivity index (χ4n) is 2.14. The number of hydrogen-bond donors (Lipinski definition) is 0. The maximum absolute atomic E-state index is 8.49. The molecule has 1 heterocycles. The van der Waals surface area contributed by atoms with E-state index in [0.29, 0.717) is 0 Å². The number of fused-ring (bicyclic) bond motifs is 1. The van der Waals surface area contributed by atoms with Gasteiger partial charge in [0.25, 0.3) is 0 Å². The van der Waals surface area contributed by atoms with Gasteiger partial charge in [-0.1, -0.05) is 0 Å². The molecule has 2 aromatic rings. The molecule has 5 nitrogen and oxygen atoms in total. The Hall–Kier alpha value is -0.951. The van der Waals surface area contributed by atoms with E-state index in [4.69, 9.17) is 22.5 Å². The first kappa shape index (κ1) is 17.4. The van der Waals surface area contributed by atoms with E-state index in [1.807, 2.05) is 0 Å². The summed E-state index contributed by atoms with van der Waals surface area (Å²) < 4.78 is 43.1. The molecule has 1 unspecified atom stereocenters. The Balaban J connectivity index is 0.000000309. The van der Waals surface area contributed by atoms with Crippen molar-refractivity contribution in [3.05, 3.63) is 60.2 Å². The Morgan fingerprint density at radius 3 is 1.95 bits per heavy atom. The molecule has 0 amide bonds. The van der Waals surface area contributed by atoms with Gasteiger partial charge in [-0.05, 0) is 0 Å². The minimum absolute atomic E-state index is 0.142. The van der Waals surface area contributed by atoms with Crippen LogP contribution in [0.5, 0.6) is 0 Å². The van der Waals surface area contributed by atoms with Crippen LogP contribution in [-0.2, 0) is 9.42 Å². The predicted molar refractivity (Wildman–Crippen MR) is 72.0 cm³/mol. The maximum atomic E-state index is 8.49. The van der Waals surface area contributed by atoms with Crippen molar-refractivity contribution >= 4 is 23.2 Å². The first-order valence-corrected chi connectivity index (χ1v) is 10.0. The first-order valence-electron chi connectivity index (χ1n) is 6.38. The molecule has 3 rings (SSSR count). The zero-order chi connectivity index (χ0) is 16.4. The molecular weight excluding hydrogens is 375 g/mol. The molecule has 1 atom stereocenters. The van der Waals surface area contributed by atoms with Gasteiger partial charge >= 0.3 is 107 Å². The summed E-state index contributed by atoms with van der Waals surface area (Å²) in [5.74, 6) is 0. The standard InChI is InChI=1S/C15H15OSe.ClHO4/c1-15(2)13-10-6-7-11-14(13)17(16-15)12-8-4-3-5-9-12;2-1(3,4)5/h3-11H,1-2H3;(H,2,3,4,5)/q+1;/p-1. The van der Waals surface area contributed by atoms with Crippen molar-refractivity contribution in [2.75, 3.05) is 0 Å². The summed E-state index contributed by atoms with van der Waals surface area (Å²) >= 11 is -1.31. The molecule has 0 aromatic heterocycles. The molecule has 0 fully saturated rings. The third-order valence-electron chi connectivity index (χ3n) is 2.98. The van der Waals surface area contributed by atoms with Crippen LogP contribution in [-0.4, -0.2) is 14.2 Å². The Morgan fingerprint density at radius 1 is 0.864 bits per heavy atom. The number of benzene rings is 2. The molecule has 0 saturated heterocycles. The fourth-order valence-corrected chi connectivity index (χ4v) is 6.48. The predicted octanol–water partition coefficient (Wildman–Crippen LogP) is -2.70. The zero-order valence-corrected chi connectivity index (χ0v) is 14.5. The molecule has 0 aliphatic carbocycles. The van der Waals surface area contributed by atoms with Gasteiger partial charge in [0.1, 0.15) is 0 Å². The van der Waals surface area contributed by atoms with Gasteiger partial charge < -0.3 is 0 Å². The van der Waals surface area contributed by atoms with Crippen LogP contribution in [0.25, 0.3) is 0 Å². The smallest absolute Gasteiger partial charge is 0.112 e. The minimum Gasteiger partial charge on any atom is -0.222 e. The molecule has 1 aliphatic rings.